The van der Waals surface area contributed by atoms with Crippen molar-refractivity contribution >= 4 is 11.9 Å². The molecule has 9 heteroatoms. The topological polar surface area (TPSA) is 86.9 Å². The molecule has 0 atom stereocenters. The average molecular weight is 488 g/mol. The Morgan fingerprint density at radius 2 is 1.62 bits per heavy atom. The van der Waals surface area contributed by atoms with E-state index in [-0.39, 0.29) is 0 Å². The van der Waals surface area contributed by atoms with Crippen molar-refractivity contribution in [3.63, 3.8) is 0 Å². The van der Waals surface area contributed by atoms with E-state index in [0.29, 0.717) is 18.4 Å². The molecule has 34 heavy (non-hydrogen) atoms. The maximum Gasteiger partial charge on any atom is 0.490 e. The van der Waals surface area contributed by atoms with E-state index < -0.39 is 12.1 Å². The van der Waals surface area contributed by atoms with Crippen LogP contribution in [0.25, 0.3) is 0 Å². The van der Waals surface area contributed by atoms with Gasteiger partial charge in [0.05, 0.1) is 0 Å². The highest BCUT2D eigenvalue weighted by Crippen LogP contribution is 2.19. The van der Waals surface area contributed by atoms with Crippen molar-refractivity contribution < 1.29 is 27.9 Å². The molecule has 3 N–H and O–H groups in total. The summed E-state index contributed by atoms with van der Waals surface area (Å²) in [6, 6.07) is 11.2. The lowest BCUT2D eigenvalue weighted by Gasteiger charge is -2.38. The Hall–Kier alpha value is -2.13. The third-order valence-corrected chi connectivity index (χ3v) is 6.03. The van der Waals surface area contributed by atoms with Gasteiger partial charge in [0.2, 0.25) is 5.91 Å². The first-order chi connectivity index (χ1) is 16.2. The molecule has 0 aromatic heterocycles. The summed E-state index contributed by atoms with van der Waals surface area (Å²) in [5.74, 6) is -2.42. The van der Waals surface area contributed by atoms with Gasteiger partial charge in [0, 0.05) is 38.6 Å². The standard InChI is InChI=1S/C23H39N3O.C2HF3O2/c1-2-23(27)26(17-10-5-3-4-9-16-24)22-14-19-25(20-15-22)18-13-21-11-7-6-8-12-21;3-2(4,5)1(6)7/h6-8,11-12,22H,2-5,9-10,13-20,24H2,1H3;(H,6,7). The van der Waals surface area contributed by atoms with Crippen molar-refractivity contribution in [2.24, 2.45) is 5.73 Å². The van der Waals surface area contributed by atoms with Gasteiger partial charge in [-0.2, -0.15) is 13.2 Å². The van der Waals surface area contributed by atoms with E-state index in [0.717, 1.165) is 64.8 Å². The Morgan fingerprint density at radius 3 is 2.15 bits per heavy atom. The fourth-order valence-electron chi connectivity index (χ4n) is 4.06. The summed E-state index contributed by atoms with van der Waals surface area (Å²) in [5, 5.41) is 7.12. The molecule has 0 saturated carbocycles. The summed E-state index contributed by atoms with van der Waals surface area (Å²) in [7, 11) is 0. The minimum Gasteiger partial charge on any atom is -0.475 e. The molecule has 0 unspecified atom stereocenters. The molecular weight excluding hydrogens is 447 g/mol. The number of nitrogens with zero attached hydrogens (tertiary/aromatic N) is 2. The van der Waals surface area contributed by atoms with Crippen LogP contribution in [-0.4, -0.2) is 71.7 Å². The Bertz CT molecular complexity index is 694. The van der Waals surface area contributed by atoms with E-state index in [1.807, 2.05) is 6.92 Å². The number of amides is 1. The number of likely N-dealkylation sites (tertiary alicyclic amines) is 1. The second-order valence-electron chi connectivity index (χ2n) is 8.61. The normalized spacial score (nSPS) is 14.9. The first-order valence-corrected chi connectivity index (χ1v) is 12.2. The van der Waals surface area contributed by atoms with Gasteiger partial charge in [-0.05, 0) is 44.2 Å². The molecule has 1 aliphatic heterocycles. The van der Waals surface area contributed by atoms with Crippen LogP contribution in [0.1, 0.15) is 63.9 Å². The van der Waals surface area contributed by atoms with Gasteiger partial charge in [0.15, 0.2) is 0 Å². The van der Waals surface area contributed by atoms with Crippen molar-refractivity contribution in [1.29, 1.82) is 0 Å². The quantitative estimate of drug-likeness (QED) is 0.425. The summed E-state index contributed by atoms with van der Waals surface area (Å²) >= 11 is 0. The van der Waals surface area contributed by atoms with Gasteiger partial charge in [-0.3, -0.25) is 4.79 Å². The predicted octanol–water partition coefficient (Wildman–Crippen LogP) is 4.47. The third-order valence-electron chi connectivity index (χ3n) is 6.03. The van der Waals surface area contributed by atoms with Crippen LogP contribution in [-0.2, 0) is 16.0 Å². The number of carbonyl (C=O) groups is 2. The maximum absolute atomic E-state index is 12.5. The molecule has 1 heterocycles. The van der Waals surface area contributed by atoms with Gasteiger partial charge in [0.1, 0.15) is 0 Å². The van der Waals surface area contributed by atoms with Crippen LogP contribution in [0, 0.1) is 0 Å². The van der Waals surface area contributed by atoms with E-state index in [9.17, 15) is 18.0 Å². The molecule has 1 amide bonds. The molecule has 194 valence electrons. The van der Waals surface area contributed by atoms with Crippen LogP contribution in [0.2, 0.25) is 0 Å². The minimum absolute atomic E-state index is 0.333. The highest BCUT2D eigenvalue weighted by molar-refractivity contribution is 5.76. The second-order valence-corrected chi connectivity index (χ2v) is 8.61. The number of carboxylic acid groups (broad SMARTS) is 1. The monoisotopic (exact) mass is 487 g/mol. The molecule has 6 nitrogen and oxygen atoms in total. The third kappa shape index (κ3) is 12.4. The molecule has 0 bridgehead atoms. The van der Waals surface area contributed by atoms with Gasteiger partial charge in [-0.1, -0.05) is 56.5 Å². The summed E-state index contributed by atoms with van der Waals surface area (Å²) < 4.78 is 31.7. The number of hydrogen-bond donors (Lipinski definition) is 2. The summed E-state index contributed by atoms with van der Waals surface area (Å²) in [6.07, 6.45) is 4.82. The van der Waals surface area contributed by atoms with Crippen molar-refractivity contribution in [3.8, 4) is 0 Å². The van der Waals surface area contributed by atoms with Gasteiger partial charge in [-0.25, -0.2) is 4.79 Å². The molecule has 1 fully saturated rings. The van der Waals surface area contributed by atoms with Gasteiger partial charge >= 0.3 is 12.1 Å². The molecule has 0 spiro atoms. The number of aliphatic carboxylic acids is 1. The highest BCUT2D eigenvalue weighted by atomic mass is 19.4. The number of carboxylic acids is 1. The van der Waals surface area contributed by atoms with Crippen LogP contribution < -0.4 is 5.73 Å². The molecule has 2 rings (SSSR count). The van der Waals surface area contributed by atoms with Gasteiger partial charge in [-0.15, -0.1) is 0 Å². The van der Waals surface area contributed by atoms with Crippen molar-refractivity contribution in [3.05, 3.63) is 35.9 Å². The highest BCUT2D eigenvalue weighted by Gasteiger charge is 2.38. The Morgan fingerprint density at radius 1 is 1.06 bits per heavy atom. The van der Waals surface area contributed by atoms with E-state index >= 15 is 0 Å². The molecule has 0 aliphatic carbocycles. The maximum atomic E-state index is 12.5. The average Bonchev–Trinajstić information content (AvgIpc) is 2.83. The number of rotatable bonds is 12. The van der Waals surface area contributed by atoms with Crippen LogP contribution in [0.3, 0.4) is 0 Å². The number of alkyl halides is 3. The zero-order chi connectivity index (χ0) is 25.4. The fourth-order valence-corrected chi connectivity index (χ4v) is 4.06. The molecule has 0 radical (unpaired) electrons. The van der Waals surface area contributed by atoms with Crippen molar-refractivity contribution in [2.45, 2.75) is 76.9 Å². The minimum atomic E-state index is -5.08. The van der Waals surface area contributed by atoms with E-state index in [4.69, 9.17) is 15.6 Å². The SMILES string of the molecule is CCC(=O)N(CCCCCCCN)C1CCN(CCc2ccccc2)CC1.O=C(O)C(F)(F)F. The Kier molecular flexibility index (Phi) is 14.5. The molecule has 1 aliphatic rings. The van der Waals surface area contributed by atoms with Crippen molar-refractivity contribution in [2.75, 3.05) is 32.7 Å². The summed E-state index contributed by atoms with van der Waals surface area (Å²) in [4.78, 5) is 26.1. The predicted molar refractivity (Wildman–Crippen MR) is 127 cm³/mol. The van der Waals surface area contributed by atoms with Crippen LogP contribution >= 0.6 is 0 Å². The Labute approximate surface area is 201 Å². The second kappa shape index (κ2) is 16.5. The number of carbonyl (C=O) groups excluding carboxylic acids is 1. The molecule has 1 aromatic carbocycles. The number of benzene rings is 1. The zero-order valence-corrected chi connectivity index (χ0v) is 20.2. The smallest absolute Gasteiger partial charge is 0.475 e. The lowest BCUT2D eigenvalue weighted by molar-refractivity contribution is -0.192. The zero-order valence-electron chi connectivity index (χ0n) is 20.2. The van der Waals surface area contributed by atoms with Crippen LogP contribution in [0.5, 0.6) is 0 Å². The van der Waals surface area contributed by atoms with Gasteiger partial charge in [0.25, 0.3) is 0 Å². The lowest BCUT2D eigenvalue weighted by atomic mass is 10.0. The van der Waals surface area contributed by atoms with Crippen LogP contribution in [0.4, 0.5) is 13.2 Å². The van der Waals surface area contributed by atoms with Crippen LogP contribution in [0.15, 0.2) is 30.3 Å². The van der Waals surface area contributed by atoms with Gasteiger partial charge < -0.3 is 20.6 Å². The largest absolute Gasteiger partial charge is 0.490 e. The summed E-state index contributed by atoms with van der Waals surface area (Å²) in [5.41, 5.74) is 6.97. The number of hydrogen-bond acceptors (Lipinski definition) is 4. The van der Waals surface area contributed by atoms with E-state index in [2.05, 4.69) is 40.1 Å². The van der Waals surface area contributed by atoms with E-state index in [1.165, 1.54) is 24.8 Å². The number of unbranched alkanes of at least 4 members (excludes halogenated alkanes) is 4. The molecular formula is C25H40F3N3O3. The first kappa shape index (κ1) is 29.9. The Balaban J connectivity index is 0.000000718. The lowest BCUT2D eigenvalue weighted by Crippen LogP contribution is -2.48. The van der Waals surface area contributed by atoms with Crippen molar-refractivity contribution in [1.82, 2.24) is 9.80 Å². The fraction of sp³-hybridized carbons (Fsp3) is 0.680. The number of nitrogens with two attached hydrogens (primary N) is 1. The molecule has 1 saturated heterocycles. The first-order valence-electron chi connectivity index (χ1n) is 12.2. The number of halogens is 3. The summed E-state index contributed by atoms with van der Waals surface area (Å²) in [6.45, 7) is 7.07. The number of piperidine rings is 1. The molecule has 1 aromatic rings. The van der Waals surface area contributed by atoms with E-state index in [1.54, 1.807) is 0 Å².